The van der Waals surface area contributed by atoms with Gasteiger partial charge in [-0.3, -0.25) is 13.9 Å². The van der Waals surface area contributed by atoms with E-state index in [1.807, 2.05) is 6.92 Å². The minimum Gasteiger partial charge on any atom is -0.296 e. The number of hydrogen-bond donors (Lipinski definition) is 1. The summed E-state index contributed by atoms with van der Waals surface area (Å²) in [4.78, 5) is 25.6. The van der Waals surface area contributed by atoms with Crippen LogP contribution in [0.5, 0.6) is 0 Å². The predicted octanol–water partition coefficient (Wildman–Crippen LogP) is 0.369. The molecular weight excluding hydrogens is 382 g/mol. The second-order valence-corrected chi connectivity index (χ2v) is 9.01. The Morgan fingerprint density at radius 1 is 1.18 bits per heavy atom. The summed E-state index contributed by atoms with van der Waals surface area (Å²) in [6, 6.07) is 5.88. The molecule has 1 aromatic carbocycles. The quantitative estimate of drug-likeness (QED) is 0.660. The van der Waals surface area contributed by atoms with Crippen LogP contribution in [0.15, 0.2) is 51.1 Å². The zero-order chi connectivity index (χ0) is 20.1. The second kappa shape index (κ2) is 6.35. The second-order valence-electron chi connectivity index (χ2n) is 7.33. The lowest BCUT2D eigenvalue weighted by atomic mass is 10.2. The van der Waals surface area contributed by atoms with Gasteiger partial charge in [-0.05, 0) is 49.6 Å². The van der Waals surface area contributed by atoms with Crippen LogP contribution in [0.2, 0.25) is 0 Å². The fourth-order valence-corrected chi connectivity index (χ4v) is 4.56. The van der Waals surface area contributed by atoms with Gasteiger partial charge in [0, 0.05) is 18.8 Å². The number of rotatable bonds is 5. The van der Waals surface area contributed by atoms with Crippen molar-refractivity contribution in [1.29, 1.82) is 0 Å². The molecule has 0 saturated heterocycles. The first-order valence-corrected chi connectivity index (χ1v) is 10.2. The number of benzene rings is 1. The van der Waals surface area contributed by atoms with Gasteiger partial charge < -0.3 is 0 Å². The number of aryl methyl sites for hydroxylation is 1. The first-order valence-electron chi connectivity index (χ1n) is 8.73. The van der Waals surface area contributed by atoms with Crippen molar-refractivity contribution in [3.63, 3.8) is 0 Å². The van der Waals surface area contributed by atoms with Crippen LogP contribution in [0, 0.1) is 0 Å². The predicted molar refractivity (Wildman–Crippen MR) is 103 cm³/mol. The van der Waals surface area contributed by atoms with E-state index in [9.17, 15) is 18.0 Å². The fraction of sp³-hybridized carbons (Fsp3) is 0.333. The van der Waals surface area contributed by atoms with E-state index in [4.69, 9.17) is 0 Å². The summed E-state index contributed by atoms with van der Waals surface area (Å²) in [5.74, 6) is 0. The Balaban J connectivity index is 1.86. The first kappa shape index (κ1) is 18.5. The minimum absolute atomic E-state index is 0.000928. The van der Waals surface area contributed by atoms with Gasteiger partial charge in [0.15, 0.2) is 0 Å². The van der Waals surface area contributed by atoms with E-state index >= 15 is 0 Å². The van der Waals surface area contributed by atoms with Crippen molar-refractivity contribution < 1.29 is 8.42 Å². The third-order valence-corrected chi connectivity index (χ3v) is 6.64. The van der Waals surface area contributed by atoms with Gasteiger partial charge in [0.25, 0.3) is 5.56 Å². The number of nitrogens with zero attached hydrogens (tertiary/aromatic N) is 4. The number of sulfonamides is 1. The van der Waals surface area contributed by atoms with E-state index in [-0.39, 0.29) is 16.8 Å². The molecule has 1 fully saturated rings. The molecule has 0 bridgehead atoms. The highest BCUT2D eigenvalue weighted by atomic mass is 32.2. The molecule has 0 radical (unpaired) electrons. The lowest BCUT2D eigenvalue weighted by Gasteiger charge is -2.14. The Hall–Kier alpha value is -2.85. The largest absolute Gasteiger partial charge is 0.331 e. The molecule has 28 heavy (non-hydrogen) atoms. The smallest absolute Gasteiger partial charge is 0.296 e. The third kappa shape index (κ3) is 3.25. The number of nitrogens with one attached hydrogen (secondary N) is 1. The van der Waals surface area contributed by atoms with E-state index < -0.39 is 26.8 Å². The van der Waals surface area contributed by atoms with Crippen LogP contribution in [0.1, 0.15) is 25.3 Å². The van der Waals surface area contributed by atoms with Crippen LogP contribution in [0.3, 0.4) is 0 Å². The Morgan fingerprint density at radius 3 is 2.57 bits per heavy atom. The zero-order valence-corrected chi connectivity index (χ0v) is 16.2. The van der Waals surface area contributed by atoms with Crippen LogP contribution in [-0.2, 0) is 23.6 Å². The molecule has 1 aliphatic rings. The molecule has 1 N–H and O–H groups in total. The van der Waals surface area contributed by atoms with E-state index in [0.29, 0.717) is 11.1 Å². The fourth-order valence-electron chi connectivity index (χ4n) is 3.07. The standard InChI is InChI=1S/C18H19N5O4S/c1-18(6-7-18)21-28(26,27)13-3-4-15-14(9-13)16(24)23(17(25)22(15)2)11-12-5-8-19-20-10-12/h3-5,8-10,21H,6-7,11H2,1-2H3. The molecule has 0 spiro atoms. The molecule has 4 rings (SSSR count). The molecule has 0 atom stereocenters. The summed E-state index contributed by atoms with van der Waals surface area (Å²) in [6.45, 7) is 1.86. The zero-order valence-electron chi connectivity index (χ0n) is 15.4. The van der Waals surface area contributed by atoms with E-state index in [1.165, 1.54) is 35.2 Å². The number of fused-ring (bicyclic) bond motifs is 1. The normalized spacial score (nSPS) is 15.6. The third-order valence-electron chi connectivity index (χ3n) is 5.00. The molecular formula is C18H19N5O4S. The average Bonchev–Trinajstić information content (AvgIpc) is 3.39. The van der Waals surface area contributed by atoms with Crippen molar-refractivity contribution >= 4 is 20.9 Å². The van der Waals surface area contributed by atoms with E-state index in [2.05, 4.69) is 14.9 Å². The molecule has 0 amide bonds. The highest BCUT2D eigenvalue weighted by Gasteiger charge is 2.41. The summed E-state index contributed by atoms with van der Waals surface area (Å²) in [7, 11) is -2.22. The molecule has 9 nitrogen and oxygen atoms in total. The van der Waals surface area contributed by atoms with Gasteiger partial charge in [-0.15, -0.1) is 0 Å². The molecule has 3 aromatic rings. The maximum atomic E-state index is 13.0. The van der Waals surface area contributed by atoms with Crippen LogP contribution < -0.4 is 16.0 Å². The molecule has 10 heteroatoms. The highest BCUT2D eigenvalue weighted by Crippen LogP contribution is 2.36. The Kier molecular flexibility index (Phi) is 4.20. The Labute approximate surface area is 160 Å². The van der Waals surface area contributed by atoms with Crippen LogP contribution in [-0.4, -0.2) is 33.3 Å². The maximum Gasteiger partial charge on any atom is 0.331 e. The number of hydrogen-bond acceptors (Lipinski definition) is 6. The first-order chi connectivity index (χ1) is 13.2. The van der Waals surface area contributed by atoms with Crippen LogP contribution >= 0.6 is 0 Å². The molecule has 0 unspecified atom stereocenters. The van der Waals surface area contributed by atoms with Gasteiger partial charge in [-0.2, -0.15) is 10.2 Å². The molecule has 2 heterocycles. The molecule has 1 saturated carbocycles. The van der Waals surface area contributed by atoms with Gasteiger partial charge in [0.2, 0.25) is 10.0 Å². The maximum absolute atomic E-state index is 13.0. The van der Waals surface area contributed by atoms with Crippen molar-refractivity contribution in [3.8, 4) is 0 Å². The van der Waals surface area contributed by atoms with Crippen molar-refractivity contribution in [2.75, 3.05) is 0 Å². The SMILES string of the molecule is Cn1c(=O)n(Cc2ccnnc2)c(=O)c2cc(S(=O)(=O)NC3(C)CC3)ccc21. The summed E-state index contributed by atoms with van der Waals surface area (Å²) >= 11 is 0. The highest BCUT2D eigenvalue weighted by molar-refractivity contribution is 7.89. The summed E-state index contributed by atoms with van der Waals surface area (Å²) < 4.78 is 30.4. The van der Waals surface area contributed by atoms with Crippen molar-refractivity contribution in [2.45, 2.75) is 36.7 Å². The summed E-state index contributed by atoms with van der Waals surface area (Å²) in [6.07, 6.45) is 4.50. The van der Waals surface area contributed by atoms with Gasteiger partial charge >= 0.3 is 5.69 Å². The number of aromatic nitrogens is 4. The lowest BCUT2D eigenvalue weighted by molar-refractivity contribution is 0.558. The molecule has 0 aliphatic heterocycles. The Morgan fingerprint density at radius 2 is 1.93 bits per heavy atom. The van der Waals surface area contributed by atoms with E-state index in [0.717, 1.165) is 17.4 Å². The van der Waals surface area contributed by atoms with Crippen LogP contribution in [0.4, 0.5) is 0 Å². The van der Waals surface area contributed by atoms with Gasteiger partial charge in [-0.1, -0.05) is 0 Å². The lowest BCUT2D eigenvalue weighted by Crippen LogP contribution is -2.39. The molecule has 146 valence electrons. The van der Waals surface area contributed by atoms with Gasteiger partial charge in [-0.25, -0.2) is 17.9 Å². The van der Waals surface area contributed by atoms with Crippen molar-refractivity contribution in [3.05, 3.63) is 63.1 Å². The van der Waals surface area contributed by atoms with Gasteiger partial charge in [0.05, 0.1) is 28.5 Å². The topological polar surface area (TPSA) is 116 Å². The van der Waals surface area contributed by atoms with Crippen LogP contribution in [0.25, 0.3) is 10.9 Å². The minimum atomic E-state index is -3.76. The van der Waals surface area contributed by atoms with Crippen molar-refractivity contribution in [1.82, 2.24) is 24.1 Å². The van der Waals surface area contributed by atoms with Crippen molar-refractivity contribution in [2.24, 2.45) is 7.05 Å². The molecule has 2 aromatic heterocycles. The monoisotopic (exact) mass is 401 g/mol. The summed E-state index contributed by atoms with van der Waals surface area (Å²) in [5.41, 5.74) is -0.458. The summed E-state index contributed by atoms with van der Waals surface area (Å²) in [5, 5.41) is 7.59. The Bertz CT molecular complexity index is 1290. The average molecular weight is 401 g/mol. The van der Waals surface area contributed by atoms with E-state index in [1.54, 1.807) is 13.1 Å². The van der Waals surface area contributed by atoms with Gasteiger partial charge in [0.1, 0.15) is 0 Å². The molecule has 1 aliphatic carbocycles.